The van der Waals surface area contributed by atoms with Crippen molar-refractivity contribution >= 4 is 45.3 Å². The molecule has 2 aliphatic heterocycles. The summed E-state index contributed by atoms with van der Waals surface area (Å²) in [6.07, 6.45) is 0.546. The number of fused-ring (bicyclic) bond motifs is 6. The summed E-state index contributed by atoms with van der Waals surface area (Å²) in [5, 5.41) is 10.4. The van der Waals surface area contributed by atoms with E-state index in [-0.39, 0.29) is 18.9 Å². The normalized spacial score (nSPS) is 19.4. The smallest absolute Gasteiger partial charge is 0.408 e. The van der Waals surface area contributed by atoms with Crippen molar-refractivity contribution in [2.45, 2.75) is 156 Å². The molecular weight excluding hydrogens is 763 g/mol. The number of benzene rings is 2. The molecule has 0 spiro atoms. The lowest BCUT2D eigenvalue weighted by Gasteiger charge is -2.42. The van der Waals surface area contributed by atoms with Crippen molar-refractivity contribution in [3.05, 3.63) is 47.7 Å². The minimum Gasteiger partial charge on any atom is -0.543 e. The number of carbonyl (C=O) groups excluding carboxylic acids is 3. The van der Waals surface area contributed by atoms with Crippen LogP contribution in [-0.2, 0) is 32.0 Å². The minimum absolute atomic E-state index is 0.147. The molecule has 2 N–H and O–H groups in total. The Morgan fingerprint density at radius 1 is 1.00 bits per heavy atom. The van der Waals surface area contributed by atoms with Crippen molar-refractivity contribution in [3.63, 3.8) is 0 Å². The zero-order valence-corrected chi connectivity index (χ0v) is 39.4. The first kappa shape index (κ1) is 45.0. The molecule has 0 aliphatic carbocycles. The first-order valence-corrected chi connectivity index (χ1v) is 26.6. The topological polar surface area (TPSA) is 124 Å². The van der Waals surface area contributed by atoms with Crippen LogP contribution in [0.25, 0.3) is 22.0 Å². The molecule has 58 heavy (non-hydrogen) atoms. The molecule has 1 fully saturated rings. The zero-order chi connectivity index (χ0) is 43.0. The van der Waals surface area contributed by atoms with Gasteiger partial charge >= 0.3 is 12.1 Å². The maximum absolute atomic E-state index is 14.5. The Morgan fingerprint density at radius 2 is 1.67 bits per heavy atom. The Hall–Kier alpha value is -4.13. The number of rotatable bonds is 6. The number of hydrogen-bond acceptors (Lipinski definition) is 8. The Morgan fingerprint density at radius 3 is 2.29 bits per heavy atom. The van der Waals surface area contributed by atoms with Gasteiger partial charge in [0.2, 0.25) is 0 Å². The van der Waals surface area contributed by atoms with Crippen LogP contribution in [0.2, 0.25) is 36.3 Å². The molecular formula is C45H67N5O6Si2. The van der Waals surface area contributed by atoms with Crippen LogP contribution in [0.4, 0.5) is 4.79 Å². The van der Waals surface area contributed by atoms with Crippen molar-refractivity contribution in [2.75, 3.05) is 13.2 Å². The van der Waals surface area contributed by atoms with Crippen molar-refractivity contribution in [2.24, 2.45) is 5.41 Å². The molecule has 2 atom stereocenters. The van der Waals surface area contributed by atoms with Gasteiger partial charge in [-0.25, -0.2) is 10.2 Å². The van der Waals surface area contributed by atoms with Crippen LogP contribution in [0.5, 0.6) is 5.75 Å². The van der Waals surface area contributed by atoms with Gasteiger partial charge < -0.3 is 19.2 Å². The summed E-state index contributed by atoms with van der Waals surface area (Å²) < 4.78 is 20.9. The molecule has 5 rings (SSSR count). The van der Waals surface area contributed by atoms with E-state index < -0.39 is 51.6 Å². The second kappa shape index (κ2) is 17.2. The highest BCUT2D eigenvalue weighted by Crippen LogP contribution is 2.44. The van der Waals surface area contributed by atoms with Crippen LogP contribution in [0.1, 0.15) is 100 Å². The molecule has 2 aromatic carbocycles. The van der Waals surface area contributed by atoms with Gasteiger partial charge in [-0.2, -0.15) is 5.10 Å². The Kier molecular flexibility index (Phi) is 13.4. The van der Waals surface area contributed by atoms with E-state index in [1.54, 1.807) is 20.8 Å². The molecule has 2 amide bonds. The van der Waals surface area contributed by atoms with Crippen molar-refractivity contribution in [1.29, 1.82) is 0 Å². The molecule has 1 saturated heterocycles. The maximum Gasteiger partial charge on any atom is 0.408 e. The lowest BCUT2D eigenvalue weighted by Crippen LogP contribution is -2.60. The van der Waals surface area contributed by atoms with Gasteiger partial charge in [0.1, 0.15) is 37.2 Å². The van der Waals surface area contributed by atoms with Crippen molar-refractivity contribution in [1.82, 2.24) is 25.5 Å². The Balaban J connectivity index is 1.75. The zero-order valence-electron chi connectivity index (χ0n) is 37.4. The van der Waals surface area contributed by atoms with Crippen molar-refractivity contribution in [3.8, 4) is 28.3 Å². The predicted molar refractivity (Wildman–Crippen MR) is 237 cm³/mol. The summed E-state index contributed by atoms with van der Waals surface area (Å²) in [6.45, 7) is 30.7. The van der Waals surface area contributed by atoms with E-state index in [1.165, 1.54) is 5.01 Å². The summed E-state index contributed by atoms with van der Waals surface area (Å²) in [4.78, 5) is 41.5. The third-order valence-electron chi connectivity index (χ3n) is 11.0. The number of hydrazine groups is 1. The van der Waals surface area contributed by atoms with Gasteiger partial charge in [-0.3, -0.25) is 19.3 Å². The standard InChI is InChI=1S/C45H67N5O6Si2/c1-29(2)58(30(3)4,31(5)6)56-35-23-32-22-34(25-35)33-17-18-36-37(19-21-57(12,13)14)47-50(40(36)26-33)27-45(10,11)28-54-42(52)38-16-15-20-49(48-38)41(51)39(24-32)46-43(53)55-44(7,8)9/h17-18,22-23,25-26,29-31,38-39,48H,15-16,20,24,27-28H2,1-14H3,(H,46,53)/t38-,39-/m0/s1. The van der Waals surface area contributed by atoms with Gasteiger partial charge in [0.15, 0.2) is 0 Å². The number of amides is 2. The van der Waals surface area contributed by atoms with Gasteiger partial charge in [-0.05, 0) is 91.2 Å². The van der Waals surface area contributed by atoms with Crippen LogP contribution >= 0.6 is 0 Å². The first-order valence-electron chi connectivity index (χ1n) is 21.0. The van der Waals surface area contributed by atoms with Crippen LogP contribution < -0.4 is 15.2 Å². The second-order valence-electron chi connectivity index (χ2n) is 20.0. The van der Waals surface area contributed by atoms with Gasteiger partial charge in [-0.15, -0.1) is 5.54 Å². The van der Waals surface area contributed by atoms with Gasteiger partial charge in [0, 0.05) is 23.8 Å². The molecule has 0 radical (unpaired) electrons. The van der Waals surface area contributed by atoms with E-state index in [0.717, 1.165) is 39.0 Å². The largest absolute Gasteiger partial charge is 0.543 e. The fraction of sp³-hybridized carbons (Fsp3) is 0.600. The Bertz CT molecular complexity index is 2040. The highest BCUT2D eigenvalue weighted by molar-refractivity contribution is 6.84. The van der Waals surface area contributed by atoms with Gasteiger partial charge in [-0.1, -0.05) is 93.1 Å². The molecule has 3 aromatic rings. The summed E-state index contributed by atoms with van der Waals surface area (Å²) in [5.41, 5.74) is 10.7. The quantitative estimate of drug-likeness (QED) is 0.143. The number of nitrogens with one attached hydrogen (secondary N) is 2. The van der Waals surface area contributed by atoms with Gasteiger partial charge in [0.05, 0.1) is 18.7 Å². The average Bonchev–Trinajstić information content (AvgIpc) is 3.45. The third kappa shape index (κ3) is 10.7. The number of nitrogens with zero attached hydrogens (tertiary/aromatic N) is 3. The van der Waals surface area contributed by atoms with E-state index in [1.807, 2.05) is 10.7 Å². The first-order chi connectivity index (χ1) is 26.9. The van der Waals surface area contributed by atoms with E-state index in [4.69, 9.17) is 19.0 Å². The predicted octanol–water partition coefficient (Wildman–Crippen LogP) is 9.00. The number of cyclic esters (lactones) is 1. The maximum atomic E-state index is 14.5. The third-order valence-corrected chi connectivity index (χ3v) is 17.8. The molecule has 11 nitrogen and oxygen atoms in total. The molecule has 6 bridgehead atoms. The molecule has 0 saturated carbocycles. The molecule has 3 heterocycles. The summed E-state index contributed by atoms with van der Waals surface area (Å²) >= 11 is 0. The fourth-order valence-electron chi connectivity index (χ4n) is 8.38. The number of esters is 1. The lowest BCUT2D eigenvalue weighted by atomic mass is 9.94. The highest BCUT2D eigenvalue weighted by atomic mass is 28.4. The molecule has 13 heteroatoms. The van der Waals surface area contributed by atoms with E-state index in [0.29, 0.717) is 42.6 Å². The number of aromatic nitrogens is 2. The lowest BCUT2D eigenvalue weighted by molar-refractivity contribution is -0.155. The van der Waals surface area contributed by atoms with Crippen LogP contribution in [0, 0.1) is 16.9 Å². The number of alkyl carbamates (subject to hydrolysis) is 1. The summed E-state index contributed by atoms with van der Waals surface area (Å²) in [6, 6.07) is 10.8. The van der Waals surface area contributed by atoms with E-state index in [2.05, 4.69) is 128 Å². The van der Waals surface area contributed by atoms with Crippen molar-refractivity contribution < 1.29 is 28.3 Å². The average molecular weight is 830 g/mol. The van der Waals surface area contributed by atoms with Crippen LogP contribution in [0.3, 0.4) is 0 Å². The molecule has 316 valence electrons. The summed E-state index contributed by atoms with van der Waals surface area (Å²) in [5.74, 6) is 3.35. The minimum atomic E-state index is -2.41. The molecule has 0 unspecified atom stereocenters. The Labute approximate surface area is 348 Å². The number of ether oxygens (including phenoxy) is 2. The molecule has 1 aromatic heterocycles. The SMILES string of the molecule is CC(C)[Si](Oc1cc2cc(c1)-c1ccc3c(C#C[Si](C)(C)C)nn(c3c1)CC(C)(C)COC(=O)[C@@H]1CCCN(N1)C(=O)[C@@H](NC(=O)OC(C)(C)C)C2)(C(C)C)C(C)C. The summed E-state index contributed by atoms with van der Waals surface area (Å²) in [7, 11) is -4.13. The molecule has 2 aliphatic rings. The second-order valence-corrected chi connectivity index (χ2v) is 30.1. The number of hydrogen-bond donors (Lipinski definition) is 2. The van der Waals surface area contributed by atoms with Gasteiger partial charge in [0.25, 0.3) is 14.2 Å². The van der Waals surface area contributed by atoms with Crippen LogP contribution in [0.15, 0.2) is 36.4 Å². The highest BCUT2D eigenvalue weighted by Gasteiger charge is 2.47. The van der Waals surface area contributed by atoms with Crippen LogP contribution in [-0.4, -0.2) is 80.0 Å². The van der Waals surface area contributed by atoms with E-state index >= 15 is 0 Å². The number of carbonyl (C=O) groups is 3. The fourth-order valence-corrected chi connectivity index (χ4v) is 14.1. The van der Waals surface area contributed by atoms with E-state index in [9.17, 15) is 14.4 Å². The monoisotopic (exact) mass is 829 g/mol.